The smallest absolute Gasteiger partial charge is 0.345 e. The molecule has 0 aliphatic rings. The SMILES string of the molecule is CCNc1nc(Cl)nc(NC(C)C)n1.CCc1cccc(C)c1N(C(=O)CCl)C(C)COC.COC(=O)c1cc(Oc2ccc(Cl)cc2Cl)ccc1[N+](=O)[O-].C[S+](C)C.O=C(O)CNCP(=O)([O-])O. The van der Waals surface area contributed by atoms with Crippen molar-refractivity contribution in [3.05, 3.63) is 96.7 Å². The number of aliphatic carboxylic acids is 1. The summed E-state index contributed by atoms with van der Waals surface area (Å²) >= 11 is 23.3. The average Bonchev–Trinajstić information content (AvgIpc) is 3.24. The summed E-state index contributed by atoms with van der Waals surface area (Å²) in [5.74, 6) is -0.619. The molecule has 1 aromatic heterocycles. The van der Waals surface area contributed by atoms with E-state index < -0.39 is 37.3 Å². The summed E-state index contributed by atoms with van der Waals surface area (Å²) in [7, 11) is -0.936. The summed E-state index contributed by atoms with van der Waals surface area (Å²) in [4.78, 5) is 75.6. The molecule has 4 rings (SSSR count). The first kappa shape index (κ1) is 64.5. The third-order valence-electron chi connectivity index (χ3n) is 7.82. The molecule has 3 aromatic carbocycles. The van der Waals surface area contributed by atoms with Crippen LogP contribution in [-0.4, -0.2) is 125 Å². The highest BCUT2D eigenvalue weighted by molar-refractivity contribution is 7.94. The Balaban J connectivity index is 0.000000899. The van der Waals surface area contributed by atoms with Gasteiger partial charge in [-0.25, -0.2) is 4.79 Å². The highest BCUT2D eigenvalue weighted by Gasteiger charge is 2.25. The maximum atomic E-state index is 12.2. The standard InChI is InChI=1S/C15H22ClNO2.C14H9Cl2NO5.C8H14ClN5.C3H8NO5P.C3H9S/c1-5-13-8-6-7-11(2)15(13)17(14(18)9-16)12(3)10-19-4;1-21-14(18)10-7-9(3-4-12(10)17(19)20)22-13-5-2-8(15)6-11(13)16;1-4-10-7-12-6(9)13-8(14-7)11-5(2)3;5-3(6)1-4-2-10(7,8)9;1-4(2)3/h6-8,12H,5,9-10H2,1-4H3;2-7H,1H3;5H,4H2,1-3H3,(H2,10,11,12,13,14);4H,1-2H2,(H,5,6)(H2,7,8,9);1-3H3/q;;;;+1/p-1. The van der Waals surface area contributed by atoms with Crippen LogP contribution >= 0.6 is 54.0 Å². The number of halogens is 4. The number of nitro benzene ring substituents is 1. The molecular formula is C43H61Cl4N8O12PS. The van der Waals surface area contributed by atoms with Crippen LogP contribution in [0.4, 0.5) is 23.3 Å². The van der Waals surface area contributed by atoms with E-state index in [4.69, 9.17) is 65.9 Å². The lowest BCUT2D eigenvalue weighted by atomic mass is 10.0. The van der Waals surface area contributed by atoms with Gasteiger partial charge in [0.1, 0.15) is 30.5 Å². The number of aromatic nitrogens is 3. The van der Waals surface area contributed by atoms with Crippen LogP contribution in [-0.2, 0) is 40.9 Å². The fourth-order valence-corrected chi connectivity index (χ4v) is 6.36. The van der Waals surface area contributed by atoms with E-state index in [0.717, 1.165) is 43.0 Å². The molecule has 20 nitrogen and oxygen atoms in total. The number of para-hydroxylation sites is 1. The third kappa shape index (κ3) is 26.9. The van der Waals surface area contributed by atoms with Crippen LogP contribution in [0, 0.1) is 17.0 Å². The van der Waals surface area contributed by atoms with Crippen LogP contribution in [0.5, 0.6) is 11.5 Å². The fraction of sp³-hybridized carbons (Fsp3) is 0.442. The van der Waals surface area contributed by atoms with Gasteiger partial charge in [0.15, 0.2) is 0 Å². The summed E-state index contributed by atoms with van der Waals surface area (Å²) < 4.78 is 25.2. The Morgan fingerprint density at radius 1 is 0.971 bits per heavy atom. The number of nitro groups is 1. The minimum Gasteiger partial charge on any atom is -0.778 e. The number of carboxylic acids is 1. The topological polar surface area (TPSA) is 281 Å². The van der Waals surface area contributed by atoms with Gasteiger partial charge in [0.25, 0.3) is 5.69 Å². The predicted molar refractivity (Wildman–Crippen MR) is 274 cm³/mol. The van der Waals surface area contributed by atoms with Gasteiger partial charge >= 0.3 is 11.9 Å². The molecular weight excluding hydrogens is 1030 g/mol. The van der Waals surface area contributed by atoms with Crippen molar-refractivity contribution < 1.29 is 53.0 Å². The largest absolute Gasteiger partial charge is 0.778 e. The molecule has 0 aliphatic carbocycles. The zero-order valence-corrected chi connectivity index (χ0v) is 44.9. The van der Waals surface area contributed by atoms with Crippen molar-refractivity contribution >= 4 is 106 Å². The summed E-state index contributed by atoms with van der Waals surface area (Å²) in [5.41, 5.74) is 2.62. The van der Waals surface area contributed by atoms with Gasteiger partial charge in [-0.1, -0.05) is 48.3 Å². The first-order chi connectivity index (χ1) is 32.2. The Kier molecular flexibility index (Phi) is 31.7. The van der Waals surface area contributed by atoms with E-state index in [9.17, 15) is 34.0 Å². The summed E-state index contributed by atoms with van der Waals surface area (Å²) in [6.07, 6.45) is 6.75. The minimum atomic E-state index is -4.35. The second kappa shape index (κ2) is 33.9. The normalized spacial score (nSPS) is 11.6. The number of rotatable bonds is 18. The monoisotopic (exact) mass is 1080 g/mol. The molecule has 5 N–H and O–H groups in total. The zero-order chi connectivity index (χ0) is 53.0. The van der Waals surface area contributed by atoms with Gasteiger partial charge in [-0.15, -0.1) is 11.6 Å². The molecule has 2 atom stereocenters. The molecule has 384 valence electrons. The number of nitrogens with one attached hydrogen (secondary N) is 3. The summed E-state index contributed by atoms with van der Waals surface area (Å²) in [6, 6.07) is 14.7. The highest BCUT2D eigenvalue weighted by Crippen LogP contribution is 2.34. The maximum absolute atomic E-state index is 12.2. The first-order valence-corrected chi connectivity index (χ1v) is 26.4. The number of amides is 1. The number of anilines is 3. The number of methoxy groups -OCH3 is 2. The number of carbonyl (C=O) groups excluding carboxylic acids is 2. The molecule has 0 saturated heterocycles. The van der Waals surface area contributed by atoms with Gasteiger partial charge in [-0.2, -0.15) is 15.0 Å². The van der Waals surface area contributed by atoms with Gasteiger partial charge < -0.3 is 49.2 Å². The van der Waals surface area contributed by atoms with Crippen molar-refractivity contribution in [2.75, 3.05) is 80.4 Å². The number of alkyl halides is 1. The van der Waals surface area contributed by atoms with Crippen molar-refractivity contribution in [1.29, 1.82) is 0 Å². The van der Waals surface area contributed by atoms with Gasteiger partial charge in [-0.3, -0.25) is 25.0 Å². The molecule has 26 heteroatoms. The van der Waals surface area contributed by atoms with E-state index in [1.54, 1.807) is 24.1 Å². The number of esters is 1. The average molecular weight is 1090 g/mol. The van der Waals surface area contributed by atoms with E-state index in [0.29, 0.717) is 40.2 Å². The van der Waals surface area contributed by atoms with Crippen LogP contribution < -0.4 is 30.5 Å². The van der Waals surface area contributed by atoms with Crippen molar-refractivity contribution in [2.24, 2.45) is 0 Å². The van der Waals surface area contributed by atoms with Crippen LogP contribution in [0.25, 0.3) is 0 Å². The molecule has 2 unspecified atom stereocenters. The number of hydrogen-bond acceptors (Lipinski definition) is 16. The molecule has 0 fully saturated rings. The number of carbonyl (C=O) groups is 3. The van der Waals surface area contributed by atoms with Crippen molar-refractivity contribution in [1.82, 2.24) is 20.3 Å². The Morgan fingerprint density at radius 2 is 1.59 bits per heavy atom. The van der Waals surface area contributed by atoms with E-state index >= 15 is 0 Å². The molecule has 0 spiro atoms. The lowest BCUT2D eigenvalue weighted by Gasteiger charge is -2.31. The minimum absolute atomic E-state index is 0.0223. The van der Waals surface area contributed by atoms with Crippen LogP contribution in [0.2, 0.25) is 15.3 Å². The molecule has 4 aromatic rings. The van der Waals surface area contributed by atoms with Gasteiger partial charge in [-0.05, 0) is 98.9 Å². The van der Waals surface area contributed by atoms with Crippen LogP contribution in [0.1, 0.15) is 56.1 Å². The highest BCUT2D eigenvalue weighted by atomic mass is 35.5. The summed E-state index contributed by atoms with van der Waals surface area (Å²) in [6.45, 7) is 12.8. The number of benzene rings is 3. The Labute approximate surface area is 425 Å². The second-order valence-corrected chi connectivity index (χ2v) is 20.2. The molecule has 0 aliphatic heterocycles. The fourth-order valence-electron chi connectivity index (χ4n) is 5.23. The lowest BCUT2D eigenvalue weighted by molar-refractivity contribution is -0.385. The van der Waals surface area contributed by atoms with E-state index in [-0.39, 0.29) is 51.2 Å². The van der Waals surface area contributed by atoms with E-state index in [1.807, 2.05) is 52.1 Å². The summed E-state index contributed by atoms with van der Waals surface area (Å²) in [5, 5.41) is 27.8. The Hall–Kier alpha value is -4.54. The molecule has 0 radical (unpaired) electrons. The van der Waals surface area contributed by atoms with E-state index in [2.05, 4.69) is 62.1 Å². The zero-order valence-electron chi connectivity index (χ0n) is 40.2. The van der Waals surface area contributed by atoms with Gasteiger partial charge in [0.05, 0.1) is 67.0 Å². The van der Waals surface area contributed by atoms with Crippen molar-refractivity contribution in [3.63, 3.8) is 0 Å². The number of carboxylic acid groups (broad SMARTS) is 1. The molecule has 1 heterocycles. The number of hydrogen-bond donors (Lipinski definition) is 5. The molecule has 1 amide bonds. The van der Waals surface area contributed by atoms with Crippen molar-refractivity contribution in [3.8, 4) is 11.5 Å². The van der Waals surface area contributed by atoms with Crippen molar-refractivity contribution in [2.45, 2.75) is 60.0 Å². The van der Waals surface area contributed by atoms with E-state index in [1.165, 1.54) is 18.2 Å². The number of aryl methyl sites for hydroxylation is 2. The molecule has 69 heavy (non-hydrogen) atoms. The predicted octanol–water partition coefficient (Wildman–Crippen LogP) is 8.08. The van der Waals surface area contributed by atoms with Crippen LogP contribution in [0.3, 0.4) is 0 Å². The maximum Gasteiger partial charge on any atom is 0.345 e. The third-order valence-corrected chi connectivity index (χ3v) is 9.37. The number of ether oxygens (including phenoxy) is 3. The Bertz CT molecular complexity index is 2300. The molecule has 0 saturated carbocycles. The van der Waals surface area contributed by atoms with Gasteiger partial charge in [0.2, 0.25) is 23.1 Å². The first-order valence-electron chi connectivity index (χ1n) is 20.6. The van der Waals surface area contributed by atoms with Crippen LogP contribution in [0.15, 0.2) is 54.6 Å². The quantitative estimate of drug-likeness (QED) is 0.0157. The van der Waals surface area contributed by atoms with Gasteiger partial charge in [0, 0.05) is 36.9 Å². The lowest BCUT2D eigenvalue weighted by Crippen LogP contribution is -2.43. The Morgan fingerprint density at radius 3 is 2.09 bits per heavy atom. The molecule has 0 bridgehead atoms. The number of nitrogens with zero attached hydrogens (tertiary/aromatic N) is 5. The second-order valence-electron chi connectivity index (χ2n) is 14.7.